The van der Waals surface area contributed by atoms with Crippen molar-refractivity contribution in [2.45, 2.75) is 25.6 Å². The molecule has 0 saturated carbocycles. The first-order valence-electron chi connectivity index (χ1n) is 6.23. The lowest BCUT2D eigenvalue weighted by Crippen LogP contribution is -2.56. The third kappa shape index (κ3) is 3.02. The zero-order valence-corrected chi connectivity index (χ0v) is 11.2. The van der Waals surface area contributed by atoms with E-state index in [1.165, 1.54) is 18.5 Å². The highest BCUT2D eigenvalue weighted by Crippen LogP contribution is 2.24. The van der Waals surface area contributed by atoms with Gasteiger partial charge in [-0.05, 0) is 19.9 Å². The first kappa shape index (κ1) is 13.8. The number of nitrogens with zero attached hydrogens (tertiary/aromatic N) is 2. The van der Waals surface area contributed by atoms with Gasteiger partial charge in [-0.15, -0.1) is 0 Å². The van der Waals surface area contributed by atoms with Crippen molar-refractivity contribution >= 4 is 5.91 Å². The average Bonchev–Trinajstić information content (AvgIpc) is 2.36. The quantitative estimate of drug-likeness (QED) is 0.806. The number of carbonyl (C=O) groups excluding carboxylic acids is 1. The van der Waals surface area contributed by atoms with Crippen LogP contribution in [0.4, 0.5) is 0 Å². The smallest absolute Gasteiger partial charge is 0.257 e. The monoisotopic (exact) mass is 265 g/mol. The van der Waals surface area contributed by atoms with Gasteiger partial charge in [-0.3, -0.25) is 9.78 Å². The molecule has 2 rings (SSSR count). The number of hydrogen-bond acceptors (Lipinski definition) is 5. The van der Waals surface area contributed by atoms with Crippen molar-refractivity contribution in [3.63, 3.8) is 0 Å². The molecule has 1 unspecified atom stereocenters. The van der Waals surface area contributed by atoms with Gasteiger partial charge < -0.3 is 20.5 Å². The molecule has 0 radical (unpaired) electrons. The molecule has 1 saturated heterocycles. The molecule has 1 aliphatic heterocycles. The van der Waals surface area contributed by atoms with Gasteiger partial charge in [0.05, 0.1) is 23.5 Å². The van der Waals surface area contributed by atoms with Crippen LogP contribution in [-0.2, 0) is 4.74 Å². The summed E-state index contributed by atoms with van der Waals surface area (Å²) in [4.78, 5) is 17.8. The first-order chi connectivity index (χ1) is 8.93. The van der Waals surface area contributed by atoms with Gasteiger partial charge in [-0.1, -0.05) is 0 Å². The minimum absolute atomic E-state index is 0.110. The predicted octanol–water partition coefficient (Wildman–Crippen LogP) is 0.366. The Hall–Kier alpha value is -1.66. The lowest BCUT2D eigenvalue weighted by Gasteiger charge is -2.42. The molecule has 1 aliphatic rings. The number of nitrogens with two attached hydrogens (primary N) is 1. The second-order valence-corrected chi connectivity index (χ2v) is 5.31. The van der Waals surface area contributed by atoms with E-state index < -0.39 is 5.60 Å². The van der Waals surface area contributed by atoms with Crippen LogP contribution in [0.5, 0.6) is 5.75 Å². The van der Waals surface area contributed by atoms with E-state index in [9.17, 15) is 9.90 Å². The Bertz CT molecular complexity index is 476. The molecule has 1 atom stereocenters. The Morgan fingerprint density at radius 1 is 1.68 bits per heavy atom. The summed E-state index contributed by atoms with van der Waals surface area (Å²) >= 11 is 0. The minimum atomic E-state index is -0.444. The molecular weight excluding hydrogens is 246 g/mol. The fourth-order valence-electron chi connectivity index (χ4n) is 2.31. The van der Waals surface area contributed by atoms with E-state index in [0.717, 1.165) is 0 Å². The molecule has 1 aromatic heterocycles. The van der Waals surface area contributed by atoms with Crippen LogP contribution in [0.2, 0.25) is 0 Å². The normalized spacial score (nSPS) is 22.3. The number of carbonyl (C=O) groups is 1. The number of hydrogen-bond donors (Lipinski definition) is 2. The summed E-state index contributed by atoms with van der Waals surface area (Å²) in [5.74, 6) is -0.337. The molecule has 1 amide bonds. The maximum Gasteiger partial charge on any atom is 0.257 e. The number of pyridine rings is 1. The number of ether oxygens (including phenoxy) is 1. The van der Waals surface area contributed by atoms with Crippen molar-refractivity contribution in [2.24, 2.45) is 5.73 Å². The van der Waals surface area contributed by atoms with Gasteiger partial charge in [-0.2, -0.15) is 0 Å². The molecule has 6 nitrogen and oxygen atoms in total. The van der Waals surface area contributed by atoms with Crippen molar-refractivity contribution in [2.75, 3.05) is 19.6 Å². The summed E-state index contributed by atoms with van der Waals surface area (Å²) in [7, 11) is 0. The molecular formula is C13H19N3O3. The van der Waals surface area contributed by atoms with Gasteiger partial charge in [0.15, 0.2) is 0 Å². The van der Waals surface area contributed by atoms with Crippen molar-refractivity contribution in [3.8, 4) is 5.75 Å². The lowest BCUT2D eigenvalue weighted by molar-refractivity contribution is -0.122. The van der Waals surface area contributed by atoms with Crippen LogP contribution in [0.15, 0.2) is 18.5 Å². The molecule has 3 N–H and O–H groups in total. The van der Waals surface area contributed by atoms with Crippen LogP contribution in [0.1, 0.15) is 24.2 Å². The molecule has 0 aromatic carbocycles. The highest BCUT2D eigenvalue weighted by molar-refractivity contribution is 5.96. The van der Waals surface area contributed by atoms with Crippen molar-refractivity contribution in [1.82, 2.24) is 9.88 Å². The number of aromatic hydroxyl groups is 1. The van der Waals surface area contributed by atoms with Crippen LogP contribution in [0, 0.1) is 0 Å². The van der Waals surface area contributed by atoms with E-state index in [-0.39, 0.29) is 23.3 Å². The van der Waals surface area contributed by atoms with Crippen molar-refractivity contribution in [1.29, 1.82) is 0 Å². The number of morpholine rings is 1. The third-order valence-electron chi connectivity index (χ3n) is 3.06. The van der Waals surface area contributed by atoms with E-state index >= 15 is 0 Å². The summed E-state index contributed by atoms with van der Waals surface area (Å²) in [5.41, 5.74) is 5.44. The summed E-state index contributed by atoms with van der Waals surface area (Å²) in [5, 5.41) is 9.70. The van der Waals surface area contributed by atoms with Crippen LogP contribution >= 0.6 is 0 Å². The second-order valence-electron chi connectivity index (χ2n) is 5.31. The number of aromatic nitrogens is 1. The molecule has 6 heteroatoms. The molecule has 0 spiro atoms. The predicted molar refractivity (Wildman–Crippen MR) is 69.8 cm³/mol. The van der Waals surface area contributed by atoms with Crippen LogP contribution < -0.4 is 5.73 Å². The lowest BCUT2D eigenvalue weighted by atomic mass is 10.0. The van der Waals surface area contributed by atoms with Gasteiger partial charge in [0.2, 0.25) is 0 Å². The average molecular weight is 265 g/mol. The second kappa shape index (κ2) is 5.14. The van der Waals surface area contributed by atoms with Gasteiger partial charge in [0.1, 0.15) is 5.75 Å². The summed E-state index contributed by atoms with van der Waals surface area (Å²) in [6.07, 6.45) is 2.56. The molecule has 19 heavy (non-hydrogen) atoms. The Morgan fingerprint density at radius 2 is 2.42 bits per heavy atom. The maximum atomic E-state index is 12.4. The molecule has 104 valence electrons. The van der Waals surface area contributed by atoms with E-state index in [4.69, 9.17) is 10.5 Å². The number of amides is 1. The van der Waals surface area contributed by atoms with Crippen molar-refractivity contribution in [3.05, 3.63) is 24.0 Å². The fourth-order valence-corrected chi connectivity index (χ4v) is 2.31. The fraction of sp³-hybridized carbons (Fsp3) is 0.538. The van der Waals surface area contributed by atoms with Crippen LogP contribution in [0.25, 0.3) is 0 Å². The molecule has 1 aromatic rings. The molecule has 1 fully saturated rings. The third-order valence-corrected chi connectivity index (χ3v) is 3.06. The van der Waals surface area contributed by atoms with Gasteiger partial charge >= 0.3 is 0 Å². The Balaban J connectivity index is 2.21. The summed E-state index contributed by atoms with van der Waals surface area (Å²) < 4.78 is 5.78. The van der Waals surface area contributed by atoms with E-state index in [1.54, 1.807) is 4.90 Å². The Labute approximate surface area is 112 Å². The van der Waals surface area contributed by atoms with Gasteiger partial charge in [-0.25, -0.2) is 0 Å². The zero-order valence-electron chi connectivity index (χ0n) is 11.2. The first-order valence-corrected chi connectivity index (χ1v) is 6.23. The van der Waals surface area contributed by atoms with Crippen molar-refractivity contribution < 1.29 is 14.6 Å². The van der Waals surface area contributed by atoms with E-state index in [1.807, 2.05) is 13.8 Å². The highest BCUT2D eigenvalue weighted by Gasteiger charge is 2.35. The maximum absolute atomic E-state index is 12.4. The topological polar surface area (TPSA) is 88.7 Å². The highest BCUT2D eigenvalue weighted by atomic mass is 16.5. The van der Waals surface area contributed by atoms with E-state index in [2.05, 4.69) is 4.98 Å². The SMILES string of the molecule is CC1(C)CN(C(=O)c2ccncc2O)CC(CN)O1. The summed E-state index contributed by atoms with van der Waals surface area (Å²) in [6.45, 7) is 5.09. The zero-order chi connectivity index (χ0) is 14.0. The van der Waals surface area contributed by atoms with Crippen LogP contribution in [0.3, 0.4) is 0 Å². The largest absolute Gasteiger partial charge is 0.505 e. The van der Waals surface area contributed by atoms with E-state index in [0.29, 0.717) is 19.6 Å². The summed E-state index contributed by atoms with van der Waals surface area (Å²) in [6, 6.07) is 1.51. The Morgan fingerprint density at radius 3 is 3.05 bits per heavy atom. The minimum Gasteiger partial charge on any atom is -0.505 e. The molecule has 0 aliphatic carbocycles. The molecule has 0 bridgehead atoms. The number of rotatable bonds is 2. The van der Waals surface area contributed by atoms with Gasteiger partial charge in [0, 0.05) is 25.8 Å². The molecule has 2 heterocycles. The Kier molecular flexibility index (Phi) is 3.73. The standard InChI is InChI=1S/C13H19N3O3/c1-13(2)8-16(7-9(5-14)19-13)12(18)10-3-4-15-6-11(10)17/h3-4,6,9,17H,5,7-8,14H2,1-2H3. The van der Waals surface area contributed by atoms with Gasteiger partial charge in [0.25, 0.3) is 5.91 Å². The van der Waals surface area contributed by atoms with Crippen LogP contribution in [-0.4, -0.2) is 52.2 Å².